The molecule has 100 valence electrons. The molecule has 1 N–H and O–H groups in total. The molecule has 0 spiro atoms. The minimum Gasteiger partial charge on any atom is -0.313 e. The van der Waals surface area contributed by atoms with E-state index in [2.05, 4.69) is 44.4 Å². The van der Waals surface area contributed by atoms with Gasteiger partial charge in [-0.15, -0.1) is 0 Å². The third-order valence-electron chi connectivity index (χ3n) is 3.08. The van der Waals surface area contributed by atoms with Crippen molar-refractivity contribution < 1.29 is 0 Å². The van der Waals surface area contributed by atoms with Crippen molar-refractivity contribution in [2.45, 2.75) is 19.4 Å². The summed E-state index contributed by atoms with van der Waals surface area (Å²) >= 11 is 9.56. The molecule has 2 rings (SSSR count). The fourth-order valence-electron chi connectivity index (χ4n) is 1.94. The van der Waals surface area contributed by atoms with E-state index in [1.54, 1.807) is 0 Å². The van der Waals surface area contributed by atoms with Crippen LogP contribution in [0.2, 0.25) is 5.02 Å². The summed E-state index contributed by atoms with van der Waals surface area (Å²) in [5, 5.41) is 4.05. The van der Waals surface area contributed by atoms with Crippen LogP contribution in [0.1, 0.15) is 22.9 Å². The van der Waals surface area contributed by atoms with E-state index in [1.807, 2.05) is 32.3 Å². The maximum Gasteiger partial charge on any atom is 0.0551 e. The highest BCUT2D eigenvalue weighted by Crippen LogP contribution is 2.27. The third kappa shape index (κ3) is 3.78. The third-order valence-corrected chi connectivity index (χ3v) is 4.31. The minimum absolute atomic E-state index is 0.209. The predicted molar refractivity (Wildman–Crippen MR) is 83.6 cm³/mol. The molecule has 19 heavy (non-hydrogen) atoms. The van der Waals surface area contributed by atoms with Crippen molar-refractivity contribution in [3.8, 4) is 0 Å². The summed E-state index contributed by atoms with van der Waals surface area (Å²) in [5.74, 6) is 0. The SMILES string of the molecule is CNC(Cc1ccc(C)cn1)c1ccc(Br)c(Cl)c1. The molecule has 0 saturated carbocycles. The van der Waals surface area contributed by atoms with Crippen LogP contribution in [0.4, 0.5) is 0 Å². The highest BCUT2D eigenvalue weighted by molar-refractivity contribution is 9.10. The first-order valence-corrected chi connectivity index (χ1v) is 7.31. The van der Waals surface area contributed by atoms with Gasteiger partial charge in [-0.1, -0.05) is 23.7 Å². The first-order chi connectivity index (χ1) is 9.10. The molecule has 2 nitrogen and oxygen atoms in total. The molecule has 0 saturated heterocycles. The summed E-state index contributed by atoms with van der Waals surface area (Å²) in [7, 11) is 1.95. The number of nitrogens with zero attached hydrogens (tertiary/aromatic N) is 1. The molecular weight excluding hydrogens is 324 g/mol. The van der Waals surface area contributed by atoms with Gasteiger partial charge in [-0.2, -0.15) is 0 Å². The van der Waals surface area contributed by atoms with E-state index in [4.69, 9.17) is 11.6 Å². The molecule has 1 unspecified atom stereocenters. The van der Waals surface area contributed by atoms with E-state index in [-0.39, 0.29) is 6.04 Å². The lowest BCUT2D eigenvalue weighted by Crippen LogP contribution is -2.19. The smallest absolute Gasteiger partial charge is 0.0551 e. The molecule has 1 aromatic heterocycles. The Bertz CT molecular complexity index is 555. The van der Waals surface area contributed by atoms with Crippen LogP contribution < -0.4 is 5.32 Å². The fourth-order valence-corrected chi connectivity index (χ4v) is 2.38. The molecule has 4 heteroatoms. The van der Waals surface area contributed by atoms with Gasteiger partial charge < -0.3 is 5.32 Å². The quantitative estimate of drug-likeness (QED) is 0.898. The van der Waals surface area contributed by atoms with E-state index in [9.17, 15) is 0 Å². The second-order valence-electron chi connectivity index (χ2n) is 4.55. The number of rotatable bonds is 4. The number of benzene rings is 1. The number of aryl methyl sites for hydroxylation is 1. The van der Waals surface area contributed by atoms with Crippen molar-refractivity contribution in [3.05, 3.63) is 62.8 Å². The topological polar surface area (TPSA) is 24.9 Å². The number of likely N-dealkylation sites (N-methyl/N-ethyl adjacent to an activating group) is 1. The summed E-state index contributed by atoms with van der Waals surface area (Å²) in [6, 6.07) is 10.4. The van der Waals surface area contributed by atoms with Gasteiger partial charge in [0, 0.05) is 28.8 Å². The van der Waals surface area contributed by atoms with E-state index >= 15 is 0 Å². The molecule has 1 heterocycles. The number of hydrogen-bond donors (Lipinski definition) is 1. The van der Waals surface area contributed by atoms with Gasteiger partial charge in [-0.05, 0) is 59.2 Å². The van der Waals surface area contributed by atoms with E-state index < -0.39 is 0 Å². The number of nitrogens with one attached hydrogen (secondary N) is 1. The van der Waals surface area contributed by atoms with Crippen LogP contribution in [0.15, 0.2) is 41.0 Å². The standard InChI is InChI=1S/C15H16BrClN2/c1-10-3-5-12(19-9-10)8-15(18-2)11-4-6-13(16)14(17)7-11/h3-7,9,15,18H,8H2,1-2H3. The predicted octanol–water partition coefficient (Wildman–Crippen LogP) is 4.31. The van der Waals surface area contributed by atoms with Gasteiger partial charge >= 0.3 is 0 Å². The molecule has 0 radical (unpaired) electrons. The van der Waals surface area contributed by atoms with Gasteiger partial charge in [-0.25, -0.2) is 0 Å². The molecule has 0 amide bonds. The van der Waals surface area contributed by atoms with Crippen LogP contribution in [0.3, 0.4) is 0 Å². The molecule has 0 aliphatic rings. The number of pyridine rings is 1. The average molecular weight is 340 g/mol. The highest BCUT2D eigenvalue weighted by atomic mass is 79.9. The van der Waals surface area contributed by atoms with Gasteiger partial charge in [0.05, 0.1) is 5.02 Å². The lowest BCUT2D eigenvalue weighted by Gasteiger charge is -2.17. The van der Waals surface area contributed by atoms with E-state index in [0.29, 0.717) is 0 Å². The Morgan fingerprint density at radius 3 is 2.68 bits per heavy atom. The molecule has 2 aromatic rings. The Morgan fingerprint density at radius 2 is 2.11 bits per heavy atom. The van der Waals surface area contributed by atoms with Gasteiger partial charge in [0.15, 0.2) is 0 Å². The maximum absolute atomic E-state index is 6.15. The maximum atomic E-state index is 6.15. The second kappa shape index (κ2) is 6.51. The van der Waals surface area contributed by atoms with Crippen LogP contribution in [0, 0.1) is 6.92 Å². The highest BCUT2D eigenvalue weighted by Gasteiger charge is 2.12. The second-order valence-corrected chi connectivity index (χ2v) is 5.81. The zero-order valence-corrected chi connectivity index (χ0v) is 13.3. The van der Waals surface area contributed by atoms with Crippen LogP contribution in [0.5, 0.6) is 0 Å². The van der Waals surface area contributed by atoms with E-state index in [0.717, 1.165) is 27.2 Å². The van der Waals surface area contributed by atoms with Crippen LogP contribution in [-0.2, 0) is 6.42 Å². The van der Waals surface area contributed by atoms with Crippen molar-refractivity contribution in [1.29, 1.82) is 0 Å². The zero-order chi connectivity index (χ0) is 13.8. The Labute approximate surface area is 127 Å². The Balaban J connectivity index is 2.19. The summed E-state index contributed by atoms with van der Waals surface area (Å²) < 4.78 is 0.918. The van der Waals surface area contributed by atoms with Crippen molar-refractivity contribution in [3.63, 3.8) is 0 Å². The van der Waals surface area contributed by atoms with Gasteiger partial charge in [0.25, 0.3) is 0 Å². The van der Waals surface area contributed by atoms with Crippen LogP contribution in [-0.4, -0.2) is 12.0 Å². The summed E-state index contributed by atoms with van der Waals surface area (Å²) in [5.41, 5.74) is 3.42. The van der Waals surface area contributed by atoms with E-state index in [1.165, 1.54) is 5.56 Å². The molecule has 0 fully saturated rings. The Hall–Kier alpha value is -0.900. The lowest BCUT2D eigenvalue weighted by molar-refractivity contribution is 0.584. The molecule has 0 aliphatic carbocycles. The van der Waals surface area contributed by atoms with Gasteiger partial charge in [0.1, 0.15) is 0 Å². The molecule has 1 atom stereocenters. The van der Waals surface area contributed by atoms with Crippen molar-refractivity contribution in [2.24, 2.45) is 0 Å². The van der Waals surface area contributed by atoms with Crippen molar-refractivity contribution in [1.82, 2.24) is 10.3 Å². The minimum atomic E-state index is 0.209. The first kappa shape index (κ1) is 14.5. The summed E-state index contributed by atoms with van der Waals surface area (Å²) in [6.45, 7) is 2.04. The lowest BCUT2D eigenvalue weighted by atomic mass is 10.0. The number of halogens is 2. The first-order valence-electron chi connectivity index (χ1n) is 6.14. The largest absolute Gasteiger partial charge is 0.313 e. The Kier molecular flexibility index (Phi) is 4.97. The van der Waals surface area contributed by atoms with Crippen LogP contribution in [0.25, 0.3) is 0 Å². The molecule has 0 aliphatic heterocycles. The molecule has 0 bridgehead atoms. The van der Waals surface area contributed by atoms with Gasteiger partial charge in [0.2, 0.25) is 0 Å². The molecular formula is C15H16BrClN2. The molecule has 1 aromatic carbocycles. The average Bonchev–Trinajstić information content (AvgIpc) is 2.41. The summed E-state index contributed by atoms with van der Waals surface area (Å²) in [6.07, 6.45) is 2.74. The Morgan fingerprint density at radius 1 is 1.32 bits per heavy atom. The monoisotopic (exact) mass is 338 g/mol. The fraction of sp³-hybridized carbons (Fsp3) is 0.267. The van der Waals surface area contributed by atoms with Gasteiger partial charge in [-0.3, -0.25) is 4.98 Å². The van der Waals surface area contributed by atoms with Crippen molar-refractivity contribution >= 4 is 27.5 Å². The van der Waals surface area contributed by atoms with Crippen LogP contribution >= 0.6 is 27.5 Å². The summed E-state index contributed by atoms with van der Waals surface area (Å²) in [4.78, 5) is 4.45. The normalized spacial score (nSPS) is 12.4. The van der Waals surface area contributed by atoms with Crippen molar-refractivity contribution in [2.75, 3.05) is 7.05 Å². The zero-order valence-electron chi connectivity index (χ0n) is 11.0. The number of hydrogen-bond acceptors (Lipinski definition) is 2. The number of aromatic nitrogens is 1.